The first-order chi connectivity index (χ1) is 26.2. The molecular weight excluding hydrogens is 647 g/mol. The molecule has 0 bridgehead atoms. The maximum atomic E-state index is 6.47. The van der Waals surface area contributed by atoms with E-state index in [0.717, 1.165) is 60.9 Å². The summed E-state index contributed by atoms with van der Waals surface area (Å²) in [6, 6.07) is 65.2. The van der Waals surface area contributed by atoms with E-state index in [1.54, 1.807) is 0 Å². The molecule has 0 saturated heterocycles. The number of rotatable bonds is 6. The fourth-order valence-corrected chi connectivity index (χ4v) is 7.21. The Hall–Kier alpha value is -7.17. The number of aromatic nitrogens is 3. The van der Waals surface area contributed by atoms with Gasteiger partial charge in [-0.2, -0.15) is 0 Å². The first-order valence-corrected chi connectivity index (χ1v) is 17.8. The molecule has 0 aliphatic carbocycles. The summed E-state index contributed by atoms with van der Waals surface area (Å²) in [4.78, 5) is 14.9. The van der Waals surface area contributed by atoms with Gasteiger partial charge in [-0.3, -0.25) is 0 Å². The standard InChI is InChI=1S/C49H31N3O/c1-3-10-32(11-4-1)34-18-23-37(24-19-34)48-50-47(36-13-5-2-6-14-36)51-49(52-48)38-25-21-35(22-26-38)42-16-9-17-44-46(42)43-29-28-41(31-45(43)53-44)40-27-20-33-12-7-8-15-39(33)30-40/h1-31H. The van der Waals surface area contributed by atoms with Gasteiger partial charge in [-0.05, 0) is 68.4 Å². The summed E-state index contributed by atoms with van der Waals surface area (Å²) in [6.45, 7) is 0. The van der Waals surface area contributed by atoms with E-state index in [1.165, 1.54) is 21.9 Å². The first kappa shape index (κ1) is 30.6. The summed E-state index contributed by atoms with van der Waals surface area (Å²) >= 11 is 0. The first-order valence-electron chi connectivity index (χ1n) is 17.8. The Morgan fingerprint density at radius 1 is 0.302 bits per heavy atom. The van der Waals surface area contributed by atoms with Crippen LogP contribution in [0.4, 0.5) is 0 Å². The van der Waals surface area contributed by atoms with Gasteiger partial charge < -0.3 is 4.42 Å². The van der Waals surface area contributed by atoms with Crippen molar-refractivity contribution in [3.05, 3.63) is 188 Å². The van der Waals surface area contributed by atoms with Crippen LogP contribution in [-0.2, 0) is 0 Å². The van der Waals surface area contributed by atoms with E-state index in [9.17, 15) is 0 Å². The van der Waals surface area contributed by atoms with Gasteiger partial charge in [0.05, 0.1) is 0 Å². The second-order valence-corrected chi connectivity index (χ2v) is 13.2. The minimum absolute atomic E-state index is 0.626. The van der Waals surface area contributed by atoms with Gasteiger partial charge in [0.25, 0.3) is 0 Å². The highest BCUT2D eigenvalue weighted by Crippen LogP contribution is 2.39. The number of benzene rings is 8. The lowest BCUT2D eigenvalue weighted by Crippen LogP contribution is -2.00. The van der Waals surface area contributed by atoms with E-state index in [-0.39, 0.29) is 0 Å². The number of hydrogen-bond acceptors (Lipinski definition) is 4. The smallest absolute Gasteiger partial charge is 0.164 e. The number of hydrogen-bond donors (Lipinski definition) is 0. The number of fused-ring (bicyclic) bond motifs is 4. The quantitative estimate of drug-likeness (QED) is 0.176. The normalized spacial score (nSPS) is 11.4. The van der Waals surface area contributed by atoms with Crippen LogP contribution in [0.3, 0.4) is 0 Å². The van der Waals surface area contributed by atoms with Crippen molar-refractivity contribution < 1.29 is 4.42 Å². The molecule has 10 rings (SSSR count). The van der Waals surface area contributed by atoms with Gasteiger partial charge >= 0.3 is 0 Å². The van der Waals surface area contributed by atoms with Crippen LogP contribution >= 0.6 is 0 Å². The largest absolute Gasteiger partial charge is 0.456 e. The second-order valence-electron chi connectivity index (χ2n) is 13.2. The molecule has 0 radical (unpaired) electrons. The predicted molar refractivity (Wildman–Crippen MR) is 217 cm³/mol. The zero-order valence-electron chi connectivity index (χ0n) is 28.6. The topological polar surface area (TPSA) is 51.8 Å². The van der Waals surface area contributed by atoms with E-state index < -0.39 is 0 Å². The maximum Gasteiger partial charge on any atom is 0.164 e. The highest BCUT2D eigenvalue weighted by atomic mass is 16.3. The van der Waals surface area contributed by atoms with Crippen LogP contribution in [0, 0.1) is 0 Å². The van der Waals surface area contributed by atoms with Crippen LogP contribution in [0.2, 0.25) is 0 Å². The Morgan fingerprint density at radius 3 is 1.47 bits per heavy atom. The lowest BCUT2D eigenvalue weighted by Gasteiger charge is -2.10. The van der Waals surface area contributed by atoms with Gasteiger partial charge in [0.2, 0.25) is 0 Å². The third kappa shape index (κ3) is 5.73. The van der Waals surface area contributed by atoms with Crippen molar-refractivity contribution >= 4 is 32.7 Å². The molecule has 0 N–H and O–H groups in total. The van der Waals surface area contributed by atoms with Crippen LogP contribution in [0.1, 0.15) is 0 Å². The van der Waals surface area contributed by atoms with Crippen molar-refractivity contribution in [2.24, 2.45) is 0 Å². The lowest BCUT2D eigenvalue weighted by atomic mass is 9.97. The van der Waals surface area contributed by atoms with Gasteiger partial charge in [-0.25, -0.2) is 15.0 Å². The SMILES string of the molecule is c1ccc(-c2ccc(-c3nc(-c4ccccc4)nc(-c4ccc(-c5cccc6oc7cc(-c8ccc9ccccc9c8)ccc7c56)cc4)n3)cc2)cc1. The molecule has 0 fully saturated rings. The Kier molecular flexibility index (Phi) is 7.43. The molecule has 0 aliphatic heterocycles. The second kappa shape index (κ2) is 12.9. The molecule has 4 heteroatoms. The summed E-state index contributed by atoms with van der Waals surface area (Å²) in [5.41, 5.74) is 11.4. The molecule has 2 aromatic heterocycles. The third-order valence-corrected chi connectivity index (χ3v) is 9.95. The molecule has 53 heavy (non-hydrogen) atoms. The average molecular weight is 678 g/mol. The van der Waals surface area contributed by atoms with Crippen molar-refractivity contribution in [2.75, 3.05) is 0 Å². The Bertz CT molecular complexity index is 2910. The summed E-state index contributed by atoms with van der Waals surface area (Å²) in [6.07, 6.45) is 0. The van der Waals surface area contributed by atoms with E-state index in [4.69, 9.17) is 19.4 Å². The van der Waals surface area contributed by atoms with Gasteiger partial charge in [0, 0.05) is 27.5 Å². The van der Waals surface area contributed by atoms with Crippen molar-refractivity contribution in [1.29, 1.82) is 0 Å². The third-order valence-electron chi connectivity index (χ3n) is 9.95. The molecule has 0 amide bonds. The molecular formula is C49H31N3O. The van der Waals surface area contributed by atoms with Gasteiger partial charge in [-0.1, -0.05) is 164 Å². The van der Waals surface area contributed by atoms with Crippen molar-refractivity contribution in [3.63, 3.8) is 0 Å². The Balaban J connectivity index is 1.01. The predicted octanol–water partition coefficient (Wildman–Crippen LogP) is 12.9. The summed E-state index contributed by atoms with van der Waals surface area (Å²) in [7, 11) is 0. The molecule has 248 valence electrons. The summed E-state index contributed by atoms with van der Waals surface area (Å²) in [5.74, 6) is 1.90. The monoisotopic (exact) mass is 677 g/mol. The zero-order valence-corrected chi connectivity index (χ0v) is 28.6. The molecule has 0 spiro atoms. The molecule has 0 unspecified atom stereocenters. The van der Waals surface area contributed by atoms with E-state index >= 15 is 0 Å². The minimum Gasteiger partial charge on any atom is -0.456 e. The fraction of sp³-hybridized carbons (Fsp3) is 0. The molecule has 8 aromatic carbocycles. The van der Waals surface area contributed by atoms with E-state index in [0.29, 0.717) is 17.5 Å². The Morgan fingerprint density at radius 2 is 0.792 bits per heavy atom. The molecule has 4 nitrogen and oxygen atoms in total. The highest BCUT2D eigenvalue weighted by Gasteiger charge is 2.16. The van der Waals surface area contributed by atoms with E-state index in [2.05, 4.69) is 146 Å². The highest BCUT2D eigenvalue weighted by molar-refractivity contribution is 6.13. The average Bonchev–Trinajstić information content (AvgIpc) is 3.62. The summed E-state index contributed by atoms with van der Waals surface area (Å²) < 4.78 is 6.47. The number of nitrogens with zero attached hydrogens (tertiary/aromatic N) is 3. The van der Waals surface area contributed by atoms with Crippen molar-refractivity contribution in [2.45, 2.75) is 0 Å². The molecule has 2 heterocycles. The van der Waals surface area contributed by atoms with Gasteiger partial charge in [0.15, 0.2) is 17.5 Å². The molecule has 0 aliphatic rings. The van der Waals surface area contributed by atoms with Crippen molar-refractivity contribution in [1.82, 2.24) is 15.0 Å². The van der Waals surface area contributed by atoms with Crippen LogP contribution in [0.25, 0.3) is 100 Å². The van der Waals surface area contributed by atoms with Crippen molar-refractivity contribution in [3.8, 4) is 67.5 Å². The van der Waals surface area contributed by atoms with Crippen LogP contribution in [0.5, 0.6) is 0 Å². The number of furan rings is 1. The van der Waals surface area contributed by atoms with Gasteiger partial charge in [-0.15, -0.1) is 0 Å². The fourth-order valence-electron chi connectivity index (χ4n) is 7.21. The minimum atomic E-state index is 0.626. The summed E-state index contributed by atoms with van der Waals surface area (Å²) in [5, 5.41) is 4.66. The van der Waals surface area contributed by atoms with E-state index in [1.807, 2.05) is 42.5 Å². The Labute approximate surface area is 306 Å². The molecule has 0 atom stereocenters. The van der Waals surface area contributed by atoms with Crippen LogP contribution < -0.4 is 0 Å². The van der Waals surface area contributed by atoms with Crippen LogP contribution in [-0.4, -0.2) is 15.0 Å². The van der Waals surface area contributed by atoms with Crippen LogP contribution in [0.15, 0.2) is 192 Å². The molecule has 10 aromatic rings. The maximum absolute atomic E-state index is 6.47. The molecule has 0 saturated carbocycles. The zero-order chi connectivity index (χ0) is 35.1. The lowest BCUT2D eigenvalue weighted by molar-refractivity contribution is 0.669. The van der Waals surface area contributed by atoms with Gasteiger partial charge in [0.1, 0.15) is 11.2 Å².